The molecule has 11 aromatic heterocycles. The Morgan fingerprint density at radius 1 is 0.361 bits per heavy atom. The molecule has 36 nitrogen and oxygen atoms in total. The standard InChI is InChI=1S/C17H14N6O2S.C17H16N6OS.C16H12N8S.C16H14N6S.C15H12N6OS/c18-15-21-16(19-10-5-6-12-13(9-10)25-8-7-24-12)22-23(15)17-20-11-3-1-2-4-14(11)26-17;1-10(24)11-6-8-12(9-7-11)19-16-21-15(18)23(22-16)17-20-13-4-2-3-5-14(13)25-17;17-14-21-15(19-10-5-6-11-9(7-10)8-18-22-11)23-24(14)16-20-12-3-1-2-4-13(12)25-16;1-10-5-4-6-11(9-10)18-15-20-14(17)22(21-15)16-19-12-7-2-3-8-13(12)23-16;16-13-19-14(17-9-5-7-10(22)8-6-9)20-21(13)15-18-11-3-1-2-4-12(11)23-15/h1-6,9H,7-8H2,(H3,18,19,21,22);2-10,24H,1H3,(H3,18,19,21,22);1-8H,(H,18,22)(H3,17,19,21,23);2-9H,1H3,(H3,17,18,20,21);1-8,22H,(H3,16,17,19,20). The molecule has 1 atom stereocenters. The predicted molar refractivity (Wildman–Crippen MR) is 481 cm³/mol. The summed E-state index contributed by atoms with van der Waals surface area (Å²) in [4.78, 5) is 44.0. The van der Waals surface area contributed by atoms with Crippen molar-refractivity contribution in [2.45, 2.75) is 20.0 Å². The van der Waals surface area contributed by atoms with Gasteiger partial charge in [-0.1, -0.05) is 142 Å². The highest BCUT2D eigenvalue weighted by Gasteiger charge is 2.21. The number of hydrogen-bond acceptors (Lipinski definition) is 35. The number of aliphatic hydroxyl groups is 1. The number of aromatic nitrogens is 22. The van der Waals surface area contributed by atoms with Crippen molar-refractivity contribution in [3.63, 3.8) is 0 Å². The topological polar surface area (TPSA) is 496 Å². The van der Waals surface area contributed by atoms with E-state index in [1.165, 1.54) is 70.7 Å². The first-order chi connectivity index (χ1) is 59.5. The lowest BCUT2D eigenvalue weighted by Gasteiger charge is -2.18. The number of rotatable bonds is 16. The van der Waals surface area contributed by atoms with Crippen LogP contribution in [-0.2, 0) is 0 Å². The lowest BCUT2D eigenvalue weighted by Crippen LogP contribution is -2.15. The number of para-hydroxylation sites is 5. The van der Waals surface area contributed by atoms with E-state index in [-0.39, 0.29) is 29.5 Å². The molecule has 1 aliphatic rings. The summed E-state index contributed by atoms with van der Waals surface area (Å²) in [6.45, 7) is 4.86. The maximum Gasteiger partial charge on any atom is 0.248 e. The van der Waals surface area contributed by atoms with Crippen LogP contribution in [0.15, 0.2) is 237 Å². The van der Waals surface area contributed by atoms with E-state index in [4.69, 9.17) is 38.1 Å². The molecule has 0 saturated heterocycles. The number of phenolic OH excluding ortho intramolecular Hbond substituents is 1. The second-order valence-corrected chi connectivity index (χ2v) is 31.8. The van der Waals surface area contributed by atoms with Gasteiger partial charge in [-0.05, 0) is 165 Å². The van der Waals surface area contributed by atoms with Crippen LogP contribution < -0.4 is 64.7 Å². The molecular formula is C81H68N32O4S5. The number of anilines is 15. The van der Waals surface area contributed by atoms with Crippen LogP contribution in [0.5, 0.6) is 17.2 Å². The van der Waals surface area contributed by atoms with Gasteiger partial charge in [0.1, 0.15) is 19.0 Å². The van der Waals surface area contributed by atoms with Gasteiger partial charge in [-0.15, -0.1) is 25.5 Å². The third-order valence-corrected chi connectivity index (χ3v) is 23.1. The Bertz CT molecular complexity index is 7120. The van der Waals surface area contributed by atoms with Crippen molar-refractivity contribution >= 4 is 207 Å². The molecule has 12 heterocycles. The fourth-order valence-electron chi connectivity index (χ4n) is 12.2. The maximum atomic E-state index is 9.56. The first kappa shape index (κ1) is 77.4. The number of nitrogens with two attached hydrogens (primary N) is 5. The number of aliphatic hydroxyl groups excluding tert-OH is 1. The van der Waals surface area contributed by atoms with Gasteiger partial charge in [0, 0.05) is 39.9 Å². The Kier molecular flexibility index (Phi) is 21.6. The van der Waals surface area contributed by atoms with Gasteiger partial charge in [-0.2, -0.15) is 53.4 Å². The van der Waals surface area contributed by atoms with Gasteiger partial charge in [0.2, 0.25) is 85.1 Å². The van der Waals surface area contributed by atoms with E-state index in [1.54, 1.807) is 46.7 Å². The number of ether oxygens (including phenoxy) is 2. The summed E-state index contributed by atoms with van der Waals surface area (Å²) in [5, 5.41) is 67.8. The molecule has 22 rings (SSSR count). The number of benzene rings is 10. The third-order valence-electron chi connectivity index (χ3n) is 18.0. The van der Waals surface area contributed by atoms with Gasteiger partial charge < -0.3 is 74.9 Å². The van der Waals surface area contributed by atoms with E-state index in [0.717, 1.165) is 107 Å². The van der Waals surface area contributed by atoms with E-state index < -0.39 is 6.10 Å². The highest BCUT2D eigenvalue weighted by molar-refractivity contribution is 7.22. The molecule has 0 radical (unpaired) electrons. The molecular weight excluding hydrogens is 1650 g/mol. The first-order valence-corrected chi connectivity index (χ1v) is 41.3. The van der Waals surface area contributed by atoms with Crippen LogP contribution in [-0.4, -0.2) is 132 Å². The minimum atomic E-state index is -0.499. The molecule has 0 fully saturated rings. The molecule has 10 aromatic carbocycles. The van der Waals surface area contributed by atoms with Crippen molar-refractivity contribution in [3.05, 3.63) is 248 Å². The number of aryl methyl sites for hydroxylation is 1. The molecule has 0 aliphatic carbocycles. The number of aromatic amines is 1. The zero-order chi connectivity index (χ0) is 83.3. The molecule has 0 spiro atoms. The summed E-state index contributed by atoms with van der Waals surface area (Å²) in [5.41, 5.74) is 41.7. The molecule has 0 bridgehead atoms. The van der Waals surface area contributed by atoms with Gasteiger partial charge in [0.05, 0.1) is 68.9 Å². The SMILES string of the molecule is CC(O)c1ccc(Nc2nc(N)n(-c3nc4ccccc4s3)n2)cc1.Cc1cccc(Nc2nc(N)n(-c3nc4ccccc4s3)n2)c1.Nc1nc(Nc2ccc(O)cc2)nn1-c1nc2ccccc2s1.Nc1nc(Nc2ccc3[nH]ncc3c2)nn1-c1nc2ccccc2s1.Nc1nc(Nc2ccc3c(c2)OCCO3)nn1-c1nc2ccccc2s1. The van der Waals surface area contributed by atoms with Crippen LogP contribution in [0, 0.1) is 6.92 Å². The second-order valence-electron chi connectivity index (χ2n) is 26.7. The molecule has 122 heavy (non-hydrogen) atoms. The molecule has 41 heteroatoms. The highest BCUT2D eigenvalue weighted by Crippen LogP contribution is 2.37. The zero-order valence-corrected chi connectivity index (χ0v) is 68.1. The summed E-state index contributed by atoms with van der Waals surface area (Å²) >= 11 is 7.55. The lowest BCUT2D eigenvalue weighted by molar-refractivity contribution is 0.171. The minimum absolute atomic E-state index is 0.197. The third kappa shape index (κ3) is 17.4. The molecule has 21 aromatic rings. The first-order valence-electron chi connectivity index (χ1n) is 37.2. The Morgan fingerprint density at radius 2 is 0.689 bits per heavy atom. The molecule has 606 valence electrons. The van der Waals surface area contributed by atoms with Gasteiger partial charge in [-0.3, -0.25) is 5.10 Å². The van der Waals surface area contributed by atoms with Crippen molar-refractivity contribution in [1.29, 1.82) is 0 Å². The number of aromatic hydroxyl groups is 1. The molecule has 18 N–H and O–H groups in total. The number of nitrogen functional groups attached to an aromatic ring is 5. The van der Waals surface area contributed by atoms with Crippen molar-refractivity contribution in [1.82, 2.24) is 109 Å². The number of thiazole rings is 5. The molecule has 1 aliphatic heterocycles. The summed E-state index contributed by atoms with van der Waals surface area (Å²) in [6, 6.07) is 72.9. The fourth-order valence-corrected chi connectivity index (χ4v) is 16.9. The quantitative estimate of drug-likeness (QED) is 0.0400. The summed E-state index contributed by atoms with van der Waals surface area (Å²) in [7, 11) is 0. The number of nitrogens with zero attached hydrogens (tertiary/aromatic N) is 21. The van der Waals surface area contributed by atoms with E-state index in [2.05, 4.69) is 112 Å². The number of phenols is 1. The van der Waals surface area contributed by atoms with Crippen LogP contribution >= 0.6 is 56.7 Å². The Balaban J connectivity index is 0.000000104. The van der Waals surface area contributed by atoms with Crippen LogP contribution in [0.4, 0.5) is 87.9 Å². The number of fused-ring (bicyclic) bond motifs is 7. The van der Waals surface area contributed by atoms with E-state index in [1.807, 2.05) is 213 Å². The Morgan fingerprint density at radius 3 is 1.06 bits per heavy atom. The molecule has 0 saturated carbocycles. The summed E-state index contributed by atoms with van der Waals surface area (Å²) < 4.78 is 24.1. The summed E-state index contributed by atoms with van der Waals surface area (Å²) in [5.74, 6) is 5.01. The minimum Gasteiger partial charge on any atom is -0.508 e. The van der Waals surface area contributed by atoms with E-state index >= 15 is 0 Å². The second kappa shape index (κ2) is 34.0. The van der Waals surface area contributed by atoms with Gasteiger partial charge in [0.25, 0.3) is 0 Å². The number of hydrogen-bond donors (Lipinski definition) is 13. The van der Waals surface area contributed by atoms with Gasteiger partial charge >= 0.3 is 0 Å². The maximum absolute atomic E-state index is 9.56. The van der Waals surface area contributed by atoms with E-state index in [9.17, 15) is 10.2 Å². The Hall–Kier alpha value is -15.8. The largest absolute Gasteiger partial charge is 0.508 e. The van der Waals surface area contributed by atoms with Gasteiger partial charge in [-0.25, -0.2) is 24.9 Å². The highest BCUT2D eigenvalue weighted by atomic mass is 32.1. The van der Waals surface area contributed by atoms with E-state index in [0.29, 0.717) is 80.3 Å². The predicted octanol–water partition coefficient (Wildman–Crippen LogP) is 15.7. The average Bonchev–Trinajstić information content (AvgIpc) is 1.67. The Labute approximate surface area is 709 Å². The zero-order valence-electron chi connectivity index (χ0n) is 64.0. The molecule has 1 unspecified atom stereocenters. The van der Waals surface area contributed by atoms with Crippen LogP contribution in [0.2, 0.25) is 0 Å². The van der Waals surface area contributed by atoms with Crippen LogP contribution in [0.1, 0.15) is 24.2 Å². The van der Waals surface area contributed by atoms with Crippen LogP contribution in [0.3, 0.4) is 0 Å². The number of nitrogens with one attached hydrogen (secondary N) is 6. The monoisotopic (exact) mass is 1710 g/mol. The van der Waals surface area contributed by atoms with Crippen molar-refractivity contribution in [2.75, 3.05) is 68.5 Å². The smallest absolute Gasteiger partial charge is 0.248 e. The average molecular weight is 1710 g/mol. The van der Waals surface area contributed by atoms with Crippen molar-refractivity contribution in [3.8, 4) is 42.9 Å². The lowest BCUT2D eigenvalue weighted by atomic mass is 10.1. The van der Waals surface area contributed by atoms with Gasteiger partial charge in [0.15, 0.2) is 11.5 Å². The van der Waals surface area contributed by atoms with Crippen molar-refractivity contribution < 1.29 is 19.7 Å². The molecule has 0 amide bonds. The normalized spacial score (nSPS) is 11.8. The van der Waals surface area contributed by atoms with Crippen LogP contribution in [0.25, 0.3) is 87.6 Å². The van der Waals surface area contributed by atoms with Crippen molar-refractivity contribution in [2.24, 2.45) is 0 Å². The summed E-state index contributed by atoms with van der Waals surface area (Å²) in [6.07, 6.45) is 1.27. The number of H-pyrrole nitrogens is 1. The fraction of sp³-hybridized carbons (Fsp3) is 0.0617.